The Labute approximate surface area is 246 Å². The number of carbonyl (C=O) groups excluding carboxylic acids is 1. The summed E-state index contributed by atoms with van der Waals surface area (Å²) in [6.07, 6.45) is 0.639. The van der Waals surface area contributed by atoms with E-state index >= 15 is 0 Å². The molecule has 0 N–H and O–H groups in total. The molecule has 0 aliphatic heterocycles. The molecule has 0 saturated carbocycles. The van der Waals surface area contributed by atoms with Gasteiger partial charge in [-0.1, -0.05) is 39.0 Å². The van der Waals surface area contributed by atoms with Gasteiger partial charge in [0, 0.05) is 38.3 Å². The van der Waals surface area contributed by atoms with E-state index in [-0.39, 0.29) is 5.04 Å². The van der Waals surface area contributed by atoms with Crippen LogP contribution in [-0.2, 0) is 31.7 Å². The number of rotatable bonds is 8. The second-order valence-corrected chi connectivity index (χ2v) is 17.7. The maximum Gasteiger partial charge on any atom is 0.437 e. The number of methoxy groups -OCH3 is 2. The van der Waals surface area contributed by atoms with E-state index in [2.05, 4.69) is 63.1 Å². The van der Waals surface area contributed by atoms with Gasteiger partial charge >= 0.3 is 6.09 Å². The van der Waals surface area contributed by atoms with Crippen molar-refractivity contribution >= 4 is 14.4 Å². The van der Waals surface area contributed by atoms with Crippen molar-refractivity contribution in [2.75, 3.05) is 14.2 Å². The van der Waals surface area contributed by atoms with Gasteiger partial charge in [-0.25, -0.2) is 4.79 Å². The highest BCUT2D eigenvalue weighted by Crippen LogP contribution is 2.40. The first-order valence-electron chi connectivity index (χ1n) is 14.0. The summed E-state index contributed by atoms with van der Waals surface area (Å²) >= 11 is 0. The van der Waals surface area contributed by atoms with E-state index in [0.29, 0.717) is 18.5 Å². The molecule has 41 heavy (non-hydrogen) atoms. The molecule has 0 spiro atoms. The molecule has 1 amide bonds. The van der Waals surface area contributed by atoms with Crippen LogP contribution in [0, 0.1) is 0 Å². The lowest BCUT2D eigenvalue weighted by molar-refractivity contribution is 0.0593. The molecule has 3 rings (SSSR count). The zero-order valence-electron chi connectivity index (χ0n) is 26.8. The quantitative estimate of drug-likeness (QED) is 0.274. The Bertz CT molecular complexity index is 1440. The highest BCUT2D eigenvalue weighted by molar-refractivity contribution is 6.74. The van der Waals surface area contributed by atoms with Crippen LogP contribution in [0.1, 0.15) is 64.1 Å². The molecule has 1 heterocycles. The van der Waals surface area contributed by atoms with E-state index in [0.717, 1.165) is 39.8 Å². The van der Waals surface area contributed by atoms with E-state index in [9.17, 15) is 4.79 Å². The van der Waals surface area contributed by atoms with Crippen LogP contribution in [0.2, 0.25) is 18.1 Å². The molecule has 3 aromatic rings. The van der Waals surface area contributed by atoms with Crippen LogP contribution in [-0.4, -0.2) is 43.4 Å². The van der Waals surface area contributed by atoms with Gasteiger partial charge in [-0.3, -0.25) is 0 Å². The summed E-state index contributed by atoms with van der Waals surface area (Å²) < 4.78 is 27.1. The lowest BCUT2D eigenvalue weighted by Crippen LogP contribution is -2.43. The normalized spacial score (nSPS) is 12.8. The lowest BCUT2D eigenvalue weighted by atomic mass is 10.0. The summed E-state index contributed by atoms with van der Waals surface area (Å²) in [5.41, 5.74) is 4.15. The topological polar surface area (TPSA) is 76.2 Å². The second-order valence-electron chi connectivity index (χ2n) is 13.0. The average Bonchev–Trinajstić information content (AvgIpc) is 3.06. The van der Waals surface area contributed by atoms with Gasteiger partial charge < -0.3 is 27.8 Å². The average molecular weight is 582 g/mol. The first-order valence-corrected chi connectivity index (χ1v) is 16.9. The summed E-state index contributed by atoms with van der Waals surface area (Å²) in [5.74, 6) is 2.28. The van der Waals surface area contributed by atoms with Crippen molar-refractivity contribution in [3.8, 4) is 17.2 Å². The smallest absolute Gasteiger partial charge is 0.437 e. The van der Waals surface area contributed by atoms with E-state index < -0.39 is 20.0 Å². The van der Waals surface area contributed by atoms with Crippen LogP contribution in [0.15, 0.2) is 47.5 Å². The monoisotopic (exact) mass is 581 g/mol. The summed E-state index contributed by atoms with van der Waals surface area (Å²) in [4.78, 5) is 17.1. The van der Waals surface area contributed by atoms with Gasteiger partial charge in [-0.15, -0.1) is 4.99 Å². The van der Waals surface area contributed by atoms with E-state index in [1.807, 2.05) is 62.2 Å². The number of ether oxygens (including phenoxy) is 3. The van der Waals surface area contributed by atoms with Crippen molar-refractivity contribution in [3.05, 3.63) is 70.6 Å². The summed E-state index contributed by atoms with van der Waals surface area (Å²) in [6.45, 7) is 16.6. The fourth-order valence-corrected chi connectivity index (χ4v) is 5.30. The van der Waals surface area contributed by atoms with Gasteiger partial charge in [0.15, 0.2) is 5.75 Å². The largest absolute Gasteiger partial charge is 0.541 e. The predicted octanol–water partition coefficient (Wildman–Crippen LogP) is 6.78. The van der Waals surface area contributed by atoms with Crippen LogP contribution >= 0.6 is 0 Å². The fraction of sp³-hybridized carbons (Fsp3) is 0.500. The lowest BCUT2D eigenvalue weighted by Gasteiger charge is -2.36. The van der Waals surface area contributed by atoms with Gasteiger partial charge in [0.1, 0.15) is 17.1 Å². The maximum absolute atomic E-state index is 12.7. The number of hydrogen-bond acceptors (Lipinski definition) is 5. The van der Waals surface area contributed by atoms with Gasteiger partial charge in [0.05, 0.1) is 14.2 Å². The molecule has 224 valence electrons. The number of amides is 1. The molecular formula is C32H47N3O5Si. The zero-order valence-corrected chi connectivity index (χ0v) is 27.8. The van der Waals surface area contributed by atoms with E-state index in [1.54, 1.807) is 14.2 Å². The number of nitrogens with zero attached hydrogens (tertiary/aromatic N) is 3. The van der Waals surface area contributed by atoms with Gasteiger partial charge in [0.25, 0.3) is 8.32 Å². The molecule has 0 aliphatic carbocycles. The minimum absolute atomic E-state index is 0.0451. The molecule has 0 atom stereocenters. The zero-order chi connectivity index (χ0) is 30.8. The third-order valence-electron chi connectivity index (χ3n) is 7.63. The second kappa shape index (κ2) is 12.2. The predicted molar refractivity (Wildman–Crippen MR) is 166 cm³/mol. The molecule has 0 saturated heterocycles. The van der Waals surface area contributed by atoms with Crippen molar-refractivity contribution in [3.63, 3.8) is 0 Å². The number of aromatic nitrogens is 2. The van der Waals surface area contributed by atoms with Gasteiger partial charge in [-0.05, 0) is 74.3 Å². The Morgan fingerprint density at radius 1 is 0.805 bits per heavy atom. The number of carbonyl (C=O) groups is 1. The van der Waals surface area contributed by atoms with Crippen LogP contribution in [0.3, 0.4) is 0 Å². The Kier molecular flexibility index (Phi) is 9.53. The van der Waals surface area contributed by atoms with Crippen molar-refractivity contribution in [1.29, 1.82) is 0 Å². The molecule has 0 aliphatic rings. The molecule has 8 nitrogen and oxygen atoms in total. The van der Waals surface area contributed by atoms with Crippen molar-refractivity contribution in [2.24, 2.45) is 19.1 Å². The Morgan fingerprint density at radius 2 is 1.34 bits per heavy atom. The molecule has 0 radical (unpaired) electrons. The van der Waals surface area contributed by atoms with Crippen molar-refractivity contribution in [2.45, 2.75) is 78.1 Å². The molecule has 9 heteroatoms. The third-order valence-corrected chi connectivity index (χ3v) is 12.0. The number of hydrogen-bond donors (Lipinski definition) is 0. The highest BCUT2D eigenvalue weighted by atomic mass is 28.4. The SMILES string of the molecule is COc1ccc(Cc2c(Cc3ccc(OC)c(O[Si](C)(C)C(C)(C)C)c3)n(C)c(=NC(=O)OC(C)(C)C)n2C)cc1. The Morgan fingerprint density at radius 3 is 1.83 bits per heavy atom. The molecule has 1 aromatic heterocycles. The van der Waals surface area contributed by atoms with Crippen molar-refractivity contribution in [1.82, 2.24) is 9.13 Å². The molecule has 0 fully saturated rings. The standard InChI is InChI=1S/C32H47N3O5Si/c1-31(2,3)39-30(36)33-29-34(7)25(19-22-13-16-24(37-9)17-14-22)26(35(29)8)20-23-15-18-27(38-10)28(21-23)40-41(11,12)32(4,5)6/h13-18,21H,19-20H2,1-12H3. The highest BCUT2D eigenvalue weighted by Gasteiger charge is 2.39. The van der Waals surface area contributed by atoms with E-state index in [1.165, 1.54) is 0 Å². The first kappa shape index (κ1) is 32.1. The van der Waals surface area contributed by atoms with Crippen LogP contribution in [0.5, 0.6) is 17.2 Å². The molecular weight excluding hydrogens is 534 g/mol. The third kappa shape index (κ3) is 7.84. The van der Waals surface area contributed by atoms with Crippen LogP contribution in [0.4, 0.5) is 4.79 Å². The minimum atomic E-state index is -2.10. The Hall–Kier alpha value is -3.46. The summed E-state index contributed by atoms with van der Waals surface area (Å²) in [6, 6.07) is 14.1. The summed E-state index contributed by atoms with van der Waals surface area (Å²) in [7, 11) is 5.10. The molecule has 2 aromatic carbocycles. The van der Waals surface area contributed by atoms with Gasteiger partial charge in [0.2, 0.25) is 5.62 Å². The number of imidazole rings is 1. The Balaban J connectivity index is 2.11. The summed E-state index contributed by atoms with van der Waals surface area (Å²) in [5, 5.41) is 0.0451. The van der Waals surface area contributed by atoms with Crippen LogP contribution in [0.25, 0.3) is 0 Å². The molecule has 0 unspecified atom stereocenters. The fourth-order valence-electron chi connectivity index (χ4n) is 4.28. The molecule has 0 bridgehead atoms. The van der Waals surface area contributed by atoms with Crippen LogP contribution < -0.4 is 19.5 Å². The minimum Gasteiger partial charge on any atom is -0.541 e. The van der Waals surface area contributed by atoms with Crippen molar-refractivity contribution < 1.29 is 23.4 Å². The number of benzene rings is 2. The maximum atomic E-state index is 12.7. The first-order chi connectivity index (χ1) is 19.0. The van der Waals surface area contributed by atoms with E-state index in [4.69, 9.17) is 18.6 Å². The van der Waals surface area contributed by atoms with Gasteiger partial charge in [-0.2, -0.15) is 0 Å².